The van der Waals surface area contributed by atoms with Crippen LogP contribution < -0.4 is 4.74 Å². The fourth-order valence-corrected chi connectivity index (χ4v) is 4.43. The molecule has 0 atom stereocenters. The summed E-state index contributed by atoms with van der Waals surface area (Å²) in [5, 5.41) is 5.21. The highest BCUT2D eigenvalue weighted by molar-refractivity contribution is 6.06. The molecule has 1 saturated heterocycles. The smallest absolute Gasteiger partial charge is 0.254 e. The number of carbonyl (C=O) groups is 1. The number of hydrogen-bond acceptors (Lipinski definition) is 4. The molecule has 3 heterocycles. The molecule has 6 nitrogen and oxygen atoms in total. The molecule has 0 saturated carbocycles. The molecule has 2 aromatic heterocycles. The fraction of sp³-hybridized carbons (Fsp3) is 0.296. The van der Waals surface area contributed by atoms with E-state index >= 15 is 0 Å². The third kappa shape index (κ3) is 4.60. The summed E-state index contributed by atoms with van der Waals surface area (Å²) in [4.78, 5) is 20.3. The van der Waals surface area contributed by atoms with Gasteiger partial charge in [-0.3, -0.25) is 4.79 Å². The van der Waals surface area contributed by atoms with E-state index in [4.69, 9.17) is 9.72 Å². The Kier molecular flexibility index (Phi) is 6.19. The van der Waals surface area contributed by atoms with Gasteiger partial charge in [-0.1, -0.05) is 30.3 Å². The maximum Gasteiger partial charge on any atom is 0.254 e. The van der Waals surface area contributed by atoms with Gasteiger partial charge in [0.25, 0.3) is 5.91 Å². The average Bonchev–Trinajstić information content (AvgIpc) is 3.30. The van der Waals surface area contributed by atoms with Gasteiger partial charge in [0.1, 0.15) is 11.9 Å². The molecular weight excluding hydrogens is 450 g/mol. The number of amides is 1. The van der Waals surface area contributed by atoms with Gasteiger partial charge < -0.3 is 9.64 Å². The third-order valence-corrected chi connectivity index (χ3v) is 6.27. The summed E-state index contributed by atoms with van der Waals surface area (Å²) in [6.45, 7) is 4.99. The molecule has 180 valence electrons. The van der Waals surface area contributed by atoms with Gasteiger partial charge in [0.05, 0.1) is 22.8 Å². The molecule has 0 radical (unpaired) electrons. The largest absolute Gasteiger partial charge is 0.487 e. The summed E-state index contributed by atoms with van der Waals surface area (Å²) in [6.07, 6.45) is 2.55. The quantitative estimate of drug-likeness (QED) is 0.374. The minimum atomic E-state index is -0.724. The molecule has 5 rings (SSSR count). The molecule has 4 aromatic rings. The molecule has 0 N–H and O–H groups in total. The molecule has 0 bridgehead atoms. The SMILES string of the molecule is CC(C)n1ncc2c(C(=O)N3CCC(Oc4ccc(F)cc4F)CC3)cc(-c3ccccc3)nc21. The first-order valence-electron chi connectivity index (χ1n) is 11.8. The molecule has 0 spiro atoms. The van der Waals surface area contributed by atoms with Crippen molar-refractivity contribution in [1.82, 2.24) is 19.7 Å². The van der Waals surface area contributed by atoms with Gasteiger partial charge in [0, 0.05) is 43.6 Å². The summed E-state index contributed by atoms with van der Waals surface area (Å²) in [5.74, 6) is -1.43. The van der Waals surface area contributed by atoms with Gasteiger partial charge in [-0.2, -0.15) is 5.10 Å². The number of ether oxygens (including phenoxy) is 1. The Labute approximate surface area is 202 Å². The summed E-state index contributed by atoms with van der Waals surface area (Å²) in [6, 6.07) is 15.0. The lowest BCUT2D eigenvalue weighted by atomic mass is 10.0. The zero-order chi connectivity index (χ0) is 24.5. The second-order valence-electron chi connectivity index (χ2n) is 9.03. The highest BCUT2D eigenvalue weighted by Gasteiger charge is 2.28. The van der Waals surface area contributed by atoms with Crippen LogP contribution in [0.25, 0.3) is 22.3 Å². The van der Waals surface area contributed by atoms with Gasteiger partial charge in [-0.05, 0) is 32.0 Å². The average molecular weight is 477 g/mol. The Morgan fingerprint density at radius 1 is 1.06 bits per heavy atom. The summed E-state index contributed by atoms with van der Waals surface area (Å²) in [7, 11) is 0. The molecule has 8 heteroatoms. The second-order valence-corrected chi connectivity index (χ2v) is 9.03. The van der Waals surface area contributed by atoms with E-state index in [0.29, 0.717) is 42.8 Å². The Hall–Kier alpha value is -3.81. The molecular formula is C27H26F2N4O2. The van der Waals surface area contributed by atoms with Crippen LogP contribution >= 0.6 is 0 Å². The highest BCUT2D eigenvalue weighted by Crippen LogP contribution is 2.29. The first-order chi connectivity index (χ1) is 16.9. The number of fused-ring (bicyclic) bond motifs is 1. The fourth-order valence-electron chi connectivity index (χ4n) is 4.43. The Morgan fingerprint density at radius 3 is 2.49 bits per heavy atom. The predicted octanol–water partition coefficient (Wildman–Crippen LogP) is 5.64. The second kappa shape index (κ2) is 9.44. The number of piperidine rings is 1. The minimum Gasteiger partial charge on any atom is -0.487 e. The number of aromatic nitrogens is 3. The molecule has 1 fully saturated rings. The van der Waals surface area contributed by atoms with E-state index in [1.165, 1.54) is 12.1 Å². The Bertz CT molecular complexity index is 1360. The molecule has 0 unspecified atom stereocenters. The van der Waals surface area contributed by atoms with Crippen LogP contribution in [0.3, 0.4) is 0 Å². The van der Waals surface area contributed by atoms with Crippen LogP contribution in [0.5, 0.6) is 5.75 Å². The lowest BCUT2D eigenvalue weighted by molar-refractivity contribution is 0.0590. The molecule has 1 aliphatic heterocycles. The van der Waals surface area contributed by atoms with Crippen molar-refractivity contribution in [3.63, 3.8) is 0 Å². The number of benzene rings is 2. The lowest BCUT2D eigenvalue weighted by Crippen LogP contribution is -2.42. The van der Waals surface area contributed by atoms with E-state index in [1.54, 1.807) is 11.1 Å². The van der Waals surface area contributed by atoms with Crippen molar-refractivity contribution in [2.45, 2.75) is 38.8 Å². The van der Waals surface area contributed by atoms with Crippen molar-refractivity contribution in [1.29, 1.82) is 0 Å². The van der Waals surface area contributed by atoms with Crippen LogP contribution in [-0.2, 0) is 0 Å². The van der Waals surface area contributed by atoms with Crippen LogP contribution in [0.4, 0.5) is 8.78 Å². The standard InChI is InChI=1S/C27H26F2N4O2/c1-17(2)33-26-22(16-30-33)21(15-24(31-26)18-6-4-3-5-7-18)27(34)32-12-10-20(11-13-32)35-25-9-8-19(28)14-23(25)29/h3-9,14-17,20H,10-13H2,1-2H3. The van der Waals surface area contributed by atoms with Crippen molar-refractivity contribution in [3.8, 4) is 17.0 Å². The van der Waals surface area contributed by atoms with E-state index in [9.17, 15) is 13.6 Å². The molecule has 0 aliphatic carbocycles. The summed E-state index contributed by atoms with van der Waals surface area (Å²) < 4.78 is 34.7. The van der Waals surface area contributed by atoms with Crippen LogP contribution in [0.2, 0.25) is 0 Å². The summed E-state index contributed by atoms with van der Waals surface area (Å²) >= 11 is 0. The van der Waals surface area contributed by atoms with Gasteiger partial charge >= 0.3 is 0 Å². The van der Waals surface area contributed by atoms with E-state index in [1.807, 2.05) is 54.9 Å². The van der Waals surface area contributed by atoms with Crippen LogP contribution in [0.15, 0.2) is 60.8 Å². The van der Waals surface area contributed by atoms with Gasteiger partial charge in [-0.15, -0.1) is 0 Å². The first kappa shape index (κ1) is 23.0. The number of hydrogen-bond donors (Lipinski definition) is 0. The molecule has 35 heavy (non-hydrogen) atoms. The van der Waals surface area contributed by atoms with E-state index < -0.39 is 11.6 Å². The Morgan fingerprint density at radius 2 is 1.80 bits per heavy atom. The number of carbonyl (C=O) groups excluding carboxylic acids is 1. The third-order valence-electron chi connectivity index (χ3n) is 6.27. The van der Waals surface area contributed by atoms with E-state index in [2.05, 4.69) is 5.10 Å². The van der Waals surface area contributed by atoms with E-state index in [0.717, 1.165) is 17.0 Å². The number of nitrogens with zero attached hydrogens (tertiary/aromatic N) is 4. The van der Waals surface area contributed by atoms with Gasteiger partial charge in [0.2, 0.25) is 0 Å². The van der Waals surface area contributed by atoms with Crippen molar-refractivity contribution in [3.05, 3.63) is 78.0 Å². The first-order valence-corrected chi connectivity index (χ1v) is 11.8. The van der Waals surface area contributed by atoms with Gasteiger partial charge in [0.15, 0.2) is 17.2 Å². The topological polar surface area (TPSA) is 60.2 Å². The normalized spacial score (nSPS) is 14.6. The van der Waals surface area contributed by atoms with Crippen molar-refractivity contribution in [2.24, 2.45) is 0 Å². The van der Waals surface area contributed by atoms with Crippen LogP contribution in [-0.4, -0.2) is 44.8 Å². The number of likely N-dealkylation sites (tertiary alicyclic amines) is 1. The maximum atomic E-state index is 14.0. The number of pyridine rings is 1. The maximum absolute atomic E-state index is 14.0. The van der Waals surface area contributed by atoms with Crippen LogP contribution in [0, 0.1) is 11.6 Å². The predicted molar refractivity (Wildman–Crippen MR) is 129 cm³/mol. The highest BCUT2D eigenvalue weighted by atomic mass is 19.1. The van der Waals surface area contributed by atoms with Gasteiger partial charge in [-0.25, -0.2) is 18.4 Å². The minimum absolute atomic E-state index is 0.0284. The molecule has 1 aliphatic rings. The lowest BCUT2D eigenvalue weighted by Gasteiger charge is -2.32. The monoisotopic (exact) mass is 476 g/mol. The number of rotatable bonds is 5. The Balaban J connectivity index is 1.40. The van der Waals surface area contributed by atoms with Crippen molar-refractivity contribution < 1.29 is 18.3 Å². The zero-order valence-corrected chi connectivity index (χ0v) is 19.6. The molecule has 1 amide bonds. The van der Waals surface area contributed by atoms with Crippen molar-refractivity contribution in [2.75, 3.05) is 13.1 Å². The molecule has 2 aromatic carbocycles. The number of halogens is 2. The summed E-state index contributed by atoms with van der Waals surface area (Å²) in [5.41, 5.74) is 2.88. The zero-order valence-electron chi connectivity index (χ0n) is 19.6. The van der Waals surface area contributed by atoms with Crippen LogP contribution in [0.1, 0.15) is 43.1 Å². The van der Waals surface area contributed by atoms with E-state index in [-0.39, 0.29) is 23.8 Å². The van der Waals surface area contributed by atoms with Crippen molar-refractivity contribution >= 4 is 16.9 Å².